The van der Waals surface area contributed by atoms with E-state index in [-0.39, 0.29) is 12.1 Å². The summed E-state index contributed by atoms with van der Waals surface area (Å²) in [6.45, 7) is 4.30. The molecule has 1 saturated heterocycles. The molecule has 1 fully saturated rings. The maximum absolute atomic E-state index is 13.2. The van der Waals surface area contributed by atoms with Gasteiger partial charge in [0.25, 0.3) is 5.56 Å². The molecule has 0 unspecified atom stereocenters. The van der Waals surface area contributed by atoms with Crippen LogP contribution in [0.15, 0.2) is 58.1 Å². The number of imidazole rings is 1. The van der Waals surface area contributed by atoms with Crippen molar-refractivity contribution in [1.29, 1.82) is 0 Å². The highest BCUT2D eigenvalue weighted by molar-refractivity contribution is 6.36. The minimum Gasteiger partial charge on any atom is -0.369 e. The van der Waals surface area contributed by atoms with E-state index in [1.807, 2.05) is 10.6 Å². The summed E-state index contributed by atoms with van der Waals surface area (Å²) in [4.78, 5) is 35.2. The molecule has 0 bridgehead atoms. The number of anilines is 1. The first-order chi connectivity index (χ1) is 16.8. The summed E-state index contributed by atoms with van der Waals surface area (Å²) < 4.78 is 4.38. The Bertz CT molecular complexity index is 1480. The zero-order valence-electron chi connectivity index (χ0n) is 19.6. The summed E-state index contributed by atoms with van der Waals surface area (Å²) in [6.07, 6.45) is 0. The summed E-state index contributed by atoms with van der Waals surface area (Å²) in [5.74, 6) is 0.697. The number of piperazine rings is 1. The molecule has 35 heavy (non-hydrogen) atoms. The number of halogens is 2. The first-order valence-corrected chi connectivity index (χ1v) is 12.2. The van der Waals surface area contributed by atoms with Crippen molar-refractivity contribution in [2.45, 2.75) is 13.1 Å². The average molecular weight is 513 g/mol. The summed E-state index contributed by atoms with van der Waals surface area (Å²) in [5.41, 5.74) is 1.85. The zero-order chi connectivity index (χ0) is 24.7. The largest absolute Gasteiger partial charge is 0.369 e. The van der Waals surface area contributed by atoms with Crippen LogP contribution in [0, 0.1) is 0 Å². The second kappa shape index (κ2) is 9.53. The van der Waals surface area contributed by atoms with Crippen LogP contribution in [0.1, 0.15) is 11.4 Å². The van der Waals surface area contributed by atoms with Gasteiger partial charge in [0.2, 0.25) is 0 Å². The molecule has 1 aliphatic rings. The summed E-state index contributed by atoms with van der Waals surface area (Å²) in [7, 11) is 3.11. The molecule has 3 heterocycles. The van der Waals surface area contributed by atoms with Crippen molar-refractivity contribution in [3.63, 3.8) is 0 Å². The Morgan fingerprint density at radius 3 is 2.14 bits per heavy atom. The number of nitrogens with zero attached hydrogens (tertiary/aromatic N) is 6. The molecule has 8 nitrogen and oxygen atoms in total. The lowest BCUT2D eigenvalue weighted by Crippen LogP contribution is -2.46. The zero-order valence-corrected chi connectivity index (χ0v) is 21.1. The molecule has 0 spiro atoms. The van der Waals surface area contributed by atoms with E-state index in [9.17, 15) is 9.59 Å². The number of fused-ring (bicyclic) bond motifs is 1. The number of rotatable bonds is 5. The molecule has 0 radical (unpaired) electrons. The van der Waals surface area contributed by atoms with Gasteiger partial charge in [-0.05, 0) is 24.3 Å². The van der Waals surface area contributed by atoms with Crippen LogP contribution < -0.4 is 16.1 Å². The van der Waals surface area contributed by atoms with E-state index < -0.39 is 5.69 Å². The number of benzene rings is 2. The van der Waals surface area contributed by atoms with Gasteiger partial charge in [-0.25, -0.2) is 9.78 Å². The molecule has 2 aromatic heterocycles. The summed E-state index contributed by atoms with van der Waals surface area (Å²) in [5, 5.41) is 1.03. The topological polar surface area (TPSA) is 68.3 Å². The SMILES string of the molecule is Cn1c(=O)c2c(nc(CN3CCN(c4ccccc4)CC3)n2Cc2c(Cl)cccc2Cl)n(C)c1=O. The summed E-state index contributed by atoms with van der Waals surface area (Å²) >= 11 is 12.9. The number of aryl methyl sites for hydroxylation is 1. The highest BCUT2D eigenvalue weighted by Crippen LogP contribution is 2.27. The fourth-order valence-corrected chi connectivity index (χ4v) is 5.14. The number of hydrogen-bond donors (Lipinski definition) is 0. The molecular formula is C25H26Cl2N6O2. The van der Waals surface area contributed by atoms with Crippen LogP contribution in [0.5, 0.6) is 0 Å². The van der Waals surface area contributed by atoms with Crippen LogP contribution in [-0.2, 0) is 27.2 Å². The van der Waals surface area contributed by atoms with Gasteiger partial charge in [-0.15, -0.1) is 0 Å². The van der Waals surface area contributed by atoms with Crippen molar-refractivity contribution in [3.05, 3.63) is 90.8 Å². The predicted molar refractivity (Wildman–Crippen MR) is 140 cm³/mol. The van der Waals surface area contributed by atoms with E-state index in [0.29, 0.717) is 39.1 Å². The molecule has 5 rings (SSSR count). The van der Waals surface area contributed by atoms with Crippen LogP contribution in [0.3, 0.4) is 0 Å². The third kappa shape index (κ3) is 4.37. The van der Waals surface area contributed by atoms with Crippen molar-refractivity contribution in [1.82, 2.24) is 23.6 Å². The van der Waals surface area contributed by atoms with E-state index in [1.54, 1.807) is 25.2 Å². The minimum absolute atomic E-state index is 0.280. The van der Waals surface area contributed by atoms with Gasteiger partial charge in [0, 0.05) is 61.6 Å². The molecule has 0 amide bonds. The van der Waals surface area contributed by atoms with E-state index in [1.165, 1.54) is 17.3 Å². The van der Waals surface area contributed by atoms with Gasteiger partial charge in [-0.1, -0.05) is 47.5 Å². The van der Waals surface area contributed by atoms with Gasteiger partial charge in [-0.2, -0.15) is 0 Å². The van der Waals surface area contributed by atoms with Gasteiger partial charge in [-0.3, -0.25) is 18.8 Å². The molecule has 2 aromatic carbocycles. The second-order valence-electron chi connectivity index (χ2n) is 8.79. The Hall–Kier alpha value is -3.07. The molecule has 0 atom stereocenters. The maximum atomic E-state index is 13.2. The quantitative estimate of drug-likeness (QED) is 0.411. The number of para-hydroxylation sites is 1. The Morgan fingerprint density at radius 2 is 1.49 bits per heavy atom. The van der Waals surface area contributed by atoms with E-state index in [2.05, 4.69) is 34.1 Å². The van der Waals surface area contributed by atoms with Crippen LogP contribution in [0.25, 0.3) is 11.2 Å². The van der Waals surface area contributed by atoms with Crippen LogP contribution in [-0.4, -0.2) is 49.8 Å². The Kier molecular flexibility index (Phi) is 6.44. The molecule has 10 heteroatoms. The van der Waals surface area contributed by atoms with Gasteiger partial charge < -0.3 is 9.47 Å². The lowest BCUT2D eigenvalue weighted by Gasteiger charge is -2.36. The van der Waals surface area contributed by atoms with Gasteiger partial charge in [0.1, 0.15) is 5.82 Å². The lowest BCUT2D eigenvalue weighted by molar-refractivity contribution is 0.241. The average Bonchev–Trinajstić information content (AvgIpc) is 3.22. The Labute approximate surface area is 212 Å². The van der Waals surface area contributed by atoms with Gasteiger partial charge in [0.15, 0.2) is 11.2 Å². The Balaban J connectivity index is 1.52. The highest BCUT2D eigenvalue weighted by atomic mass is 35.5. The molecule has 4 aromatic rings. The third-order valence-electron chi connectivity index (χ3n) is 6.66. The predicted octanol–water partition coefficient (Wildman–Crippen LogP) is 3.11. The van der Waals surface area contributed by atoms with Crippen LogP contribution in [0.2, 0.25) is 10.0 Å². The van der Waals surface area contributed by atoms with E-state index in [0.717, 1.165) is 30.7 Å². The number of aromatic nitrogens is 4. The van der Waals surface area contributed by atoms with Gasteiger partial charge in [0.05, 0.1) is 13.1 Å². The molecule has 182 valence electrons. The fourth-order valence-electron chi connectivity index (χ4n) is 4.63. The van der Waals surface area contributed by atoms with Crippen LogP contribution in [0.4, 0.5) is 5.69 Å². The molecule has 0 saturated carbocycles. The molecule has 1 aliphatic heterocycles. The second-order valence-corrected chi connectivity index (χ2v) is 9.61. The van der Waals surface area contributed by atoms with E-state index >= 15 is 0 Å². The third-order valence-corrected chi connectivity index (χ3v) is 7.37. The normalized spacial score (nSPS) is 14.7. The van der Waals surface area contributed by atoms with Crippen molar-refractivity contribution in [3.8, 4) is 0 Å². The van der Waals surface area contributed by atoms with Gasteiger partial charge >= 0.3 is 5.69 Å². The molecule has 0 N–H and O–H groups in total. The number of hydrogen-bond acceptors (Lipinski definition) is 5. The first kappa shape index (κ1) is 23.7. The van der Waals surface area contributed by atoms with Crippen molar-refractivity contribution in [2.75, 3.05) is 31.1 Å². The standard InChI is InChI=1S/C25H26Cl2N6O2/c1-29-23-22(24(34)30(2)25(29)35)33(15-18-19(26)9-6-10-20(18)27)21(28-23)16-31-11-13-32(14-12-31)17-7-4-3-5-8-17/h3-10H,11-16H2,1-2H3. The van der Waals surface area contributed by atoms with Crippen molar-refractivity contribution >= 4 is 40.1 Å². The first-order valence-electron chi connectivity index (χ1n) is 11.5. The fraction of sp³-hybridized carbons (Fsp3) is 0.320. The molecule has 0 aliphatic carbocycles. The monoisotopic (exact) mass is 512 g/mol. The van der Waals surface area contributed by atoms with Crippen molar-refractivity contribution < 1.29 is 0 Å². The Morgan fingerprint density at radius 1 is 0.829 bits per heavy atom. The minimum atomic E-state index is -0.411. The van der Waals surface area contributed by atoms with Crippen LogP contribution >= 0.6 is 23.2 Å². The molecular weight excluding hydrogens is 487 g/mol. The summed E-state index contributed by atoms with van der Waals surface area (Å²) in [6, 6.07) is 15.7. The van der Waals surface area contributed by atoms with E-state index in [4.69, 9.17) is 28.2 Å². The smallest absolute Gasteiger partial charge is 0.332 e. The van der Waals surface area contributed by atoms with Crippen molar-refractivity contribution in [2.24, 2.45) is 14.1 Å². The lowest BCUT2D eigenvalue weighted by atomic mass is 10.2. The maximum Gasteiger partial charge on any atom is 0.332 e. The highest BCUT2D eigenvalue weighted by Gasteiger charge is 2.24.